The average molecular weight is 565 g/mol. The third-order valence-corrected chi connectivity index (χ3v) is 7.57. The zero-order chi connectivity index (χ0) is 28.7. The van der Waals surface area contributed by atoms with Crippen LogP contribution in [-0.2, 0) is 16.1 Å². The molecule has 2 amide bonds. The molecule has 3 N–H and O–H groups in total. The zero-order valence-corrected chi connectivity index (χ0v) is 22.7. The number of nitrogens with zero attached hydrogens (tertiary/aromatic N) is 3. The number of nitriles is 1. The lowest BCUT2D eigenvalue weighted by Gasteiger charge is -2.38. The maximum Gasteiger partial charge on any atom is 0.405 e. The number of thiazole rings is 1. The molecule has 0 bridgehead atoms. The van der Waals surface area contributed by atoms with E-state index in [1.807, 2.05) is 0 Å². The topological polar surface area (TPSA) is 119 Å². The Bertz CT molecular complexity index is 1420. The fourth-order valence-electron chi connectivity index (χ4n) is 4.45. The van der Waals surface area contributed by atoms with Gasteiger partial charge in [0, 0.05) is 36.2 Å². The molecule has 2 aromatic rings. The number of rotatable bonds is 8. The molecular formula is C26H31F3N6O3S. The number of carbonyl (C=O) groups is 2. The van der Waals surface area contributed by atoms with Crippen LogP contribution in [0.4, 0.5) is 24.5 Å². The Morgan fingerprint density at radius 3 is 2.49 bits per heavy atom. The standard InChI is InChI=1S/C26H31F3N6O3S/c1-4-34-24(38)21(39-25(34)20(12-30)23(37)32-15-26(27,28)29)13-31-18-9-6-10-19(11-18)33-22(36)14-35-16(2)7-5-8-17(35)3/h6,9-11,13,16-17,31H,4-5,7-8,14-15H2,1-3H3,(H,32,37)(H,33,36)/b21-13+,25-20-. The average Bonchev–Trinajstić information content (AvgIpc) is 3.18. The van der Waals surface area contributed by atoms with Crippen LogP contribution < -0.4 is 30.7 Å². The van der Waals surface area contributed by atoms with Gasteiger partial charge in [-0.3, -0.25) is 23.9 Å². The molecule has 2 atom stereocenters. The zero-order valence-electron chi connectivity index (χ0n) is 21.9. The van der Waals surface area contributed by atoms with Crippen molar-refractivity contribution in [3.8, 4) is 6.07 Å². The molecule has 1 aromatic heterocycles. The third kappa shape index (κ3) is 7.93. The van der Waals surface area contributed by atoms with Gasteiger partial charge in [0.15, 0.2) is 5.57 Å². The van der Waals surface area contributed by atoms with Gasteiger partial charge in [-0.1, -0.05) is 12.5 Å². The molecule has 0 spiro atoms. The fourth-order valence-corrected chi connectivity index (χ4v) is 5.53. The largest absolute Gasteiger partial charge is 0.405 e. The van der Waals surface area contributed by atoms with Crippen LogP contribution in [-0.4, -0.2) is 52.6 Å². The van der Waals surface area contributed by atoms with Crippen molar-refractivity contribution in [2.24, 2.45) is 0 Å². The number of anilines is 2. The number of hydrogen-bond donors (Lipinski definition) is 3. The van der Waals surface area contributed by atoms with Crippen molar-refractivity contribution in [2.45, 2.75) is 64.8 Å². The van der Waals surface area contributed by atoms with Gasteiger partial charge in [0.25, 0.3) is 11.5 Å². The molecule has 2 unspecified atom stereocenters. The first-order valence-electron chi connectivity index (χ1n) is 12.5. The number of nitrogens with one attached hydrogen (secondary N) is 3. The lowest BCUT2D eigenvalue weighted by atomic mass is 9.97. The number of alkyl halides is 3. The van der Waals surface area contributed by atoms with Crippen molar-refractivity contribution in [1.29, 1.82) is 5.26 Å². The smallest absolute Gasteiger partial charge is 0.360 e. The van der Waals surface area contributed by atoms with Crippen LogP contribution in [0.5, 0.6) is 0 Å². The molecule has 0 saturated carbocycles. The second kappa shape index (κ2) is 12.9. The Balaban J connectivity index is 1.80. The van der Waals surface area contributed by atoms with Crippen LogP contribution in [0.3, 0.4) is 0 Å². The van der Waals surface area contributed by atoms with Crippen LogP contribution in [0.25, 0.3) is 11.8 Å². The van der Waals surface area contributed by atoms with Crippen LogP contribution in [0.15, 0.2) is 29.1 Å². The van der Waals surface area contributed by atoms with Crippen molar-refractivity contribution in [2.75, 3.05) is 23.7 Å². The van der Waals surface area contributed by atoms with Gasteiger partial charge in [-0.2, -0.15) is 18.4 Å². The van der Waals surface area contributed by atoms with Gasteiger partial charge in [0.1, 0.15) is 21.8 Å². The normalized spacial score (nSPS) is 19.3. The van der Waals surface area contributed by atoms with E-state index in [-0.39, 0.29) is 28.2 Å². The molecule has 3 rings (SSSR count). The van der Waals surface area contributed by atoms with E-state index in [9.17, 15) is 32.8 Å². The Kier molecular flexibility index (Phi) is 9.93. The molecule has 210 valence electrons. The highest BCUT2D eigenvalue weighted by atomic mass is 32.1. The molecule has 1 aliphatic heterocycles. The first kappa shape index (κ1) is 29.9. The Labute approximate surface area is 227 Å². The molecular weight excluding hydrogens is 533 g/mol. The number of hydrogen-bond acceptors (Lipinski definition) is 7. The quantitative estimate of drug-likeness (QED) is 0.453. The highest BCUT2D eigenvalue weighted by Gasteiger charge is 2.29. The lowest BCUT2D eigenvalue weighted by Crippen LogP contribution is -2.47. The monoisotopic (exact) mass is 564 g/mol. The summed E-state index contributed by atoms with van der Waals surface area (Å²) in [5, 5.41) is 17.0. The summed E-state index contributed by atoms with van der Waals surface area (Å²) in [6.07, 6.45) is 0.0211. The van der Waals surface area contributed by atoms with Gasteiger partial charge in [0.2, 0.25) is 5.91 Å². The van der Waals surface area contributed by atoms with Gasteiger partial charge < -0.3 is 16.0 Å². The van der Waals surface area contributed by atoms with Crippen LogP contribution in [0, 0.1) is 11.3 Å². The molecule has 1 saturated heterocycles. The van der Waals surface area contributed by atoms with Crippen LogP contribution in [0.2, 0.25) is 0 Å². The van der Waals surface area contributed by atoms with E-state index in [0.29, 0.717) is 23.5 Å². The van der Waals surface area contributed by atoms with E-state index in [4.69, 9.17) is 0 Å². The summed E-state index contributed by atoms with van der Waals surface area (Å²) in [5.41, 5.74) is 0.0489. The lowest BCUT2D eigenvalue weighted by molar-refractivity contribution is -0.135. The highest BCUT2D eigenvalue weighted by molar-refractivity contribution is 7.07. The van der Waals surface area contributed by atoms with Crippen LogP contribution in [0.1, 0.15) is 40.0 Å². The summed E-state index contributed by atoms with van der Waals surface area (Å²) >= 11 is 0.814. The minimum absolute atomic E-state index is 0.0418. The third-order valence-electron chi connectivity index (χ3n) is 6.44. The molecule has 2 heterocycles. The van der Waals surface area contributed by atoms with Gasteiger partial charge in [-0.25, -0.2) is 0 Å². The number of piperidine rings is 1. The Hall–Kier alpha value is -3.63. The molecule has 1 aliphatic rings. The van der Waals surface area contributed by atoms with E-state index in [1.165, 1.54) is 6.20 Å². The second-order valence-corrected chi connectivity index (χ2v) is 10.4. The first-order valence-corrected chi connectivity index (χ1v) is 13.4. The first-order chi connectivity index (χ1) is 18.4. The number of carbonyl (C=O) groups excluding carboxylic acids is 2. The number of likely N-dealkylation sites (tertiary alicyclic amines) is 1. The molecule has 1 fully saturated rings. The summed E-state index contributed by atoms with van der Waals surface area (Å²) in [5.74, 6) is -1.34. The number of amides is 2. The van der Waals surface area contributed by atoms with Gasteiger partial charge in [-0.15, -0.1) is 11.3 Å². The number of halogens is 3. The van der Waals surface area contributed by atoms with E-state index in [0.717, 1.165) is 35.2 Å². The summed E-state index contributed by atoms with van der Waals surface area (Å²) in [7, 11) is 0. The van der Waals surface area contributed by atoms with Crippen molar-refractivity contribution >= 4 is 46.3 Å². The molecule has 9 nitrogen and oxygen atoms in total. The minimum atomic E-state index is -4.64. The molecule has 13 heteroatoms. The van der Waals surface area contributed by atoms with Gasteiger partial charge in [-0.05, 0) is 51.8 Å². The molecule has 0 aliphatic carbocycles. The number of aromatic nitrogens is 1. The highest BCUT2D eigenvalue weighted by Crippen LogP contribution is 2.22. The predicted octanol–water partition coefficient (Wildman–Crippen LogP) is 2.33. The maximum absolute atomic E-state index is 12.9. The molecule has 0 radical (unpaired) electrons. The minimum Gasteiger partial charge on any atom is -0.360 e. The SMILES string of the molecule is CCn1c(=O)/c(=C\Nc2cccc(NC(=O)CN3C(C)CCCC3C)c2)s/c1=C(/C#N)C(=O)NCC(F)(F)F. The number of benzene rings is 1. The van der Waals surface area contributed by atoms with Crippen molar-refractivity contribution in [3.63, 3.8) is 0 Å². The second-order valence-electron chi connectivity index (χ2n) is 9.32. The Morgan fingerprint density at radius 2 is 1.87 bits per heavy atom. The molecule has 39 heavy (non-hydrogen) atoms. The van der Waals surface area contributed by atoms with Crippen molar-refractivity contribution < 1.29 is 22.8 Å². The summed E-state index contributed by atoms with van der Waals surface area (Å²) in [6.45, 7) is 4.66. The van der Waals surface area contributed by atoms with Crippen molar-refractivity contribution in [3.05, 3.63) is 43.8 Å². The van der Waals surface area contributed by atoms with E-state index >= 15 is 0 Å². The van der Waals surface area contributed by atoms with Crippen molar-refractivity contribution in [1.82, 2.24) is 14.8 Å². The van der Waals surface area contributed by atoms with E-state index in [1.54, 1.807) is 42.6 Å². The van der Waals surface area contributed by atoms with E-state index < -0.39 is 29.8 Å². The van der Waals surface area contributed by atoms with E-state index in [2.05, 4.69) is 29.4 Å². The predicted molar refractivity (Wildman–Crippen MR) is 144 cm³/mol. The molecule has 1 aromatic carbocycles. The fraction of sp³-hybridized carbons (Fsp3) is 0.462. The van der Waals surface area contributed by atoms with Gasteiger partial charge in [0.05, 0.1) is 6.54 Å². The Morgan fingerprint density at radius 1 is 1.21 bits per heavy atom. The summed E-state index contributed by atoms with van der Waals surface area (Å²) in [6, 6.07) is 9.18. The maximum atomic E-state index is 12.9. The van der Waals surface area contributed by atoms with Gasteiger partial charge >= 0.3 is 6.18 Å². The summed E-state index contributed by atoms with van der Waals surface area (Å²) < 4.78 is 38.8. The van der Waals surface area contributed by atoms with Crippen LogP contribution >= 0.6 is 11.3 Å². The summed E-state index contributed by atoms with van der Waals surface area (Å²) in [4.78, 5) is 40.0.